The smallest absolute Gasteiger partial charge is 0.243 e. The van der Waals surface area contributed by atoms with Gasteiger partial charge in [0.15, 0.2) is 0 Å². The summed E-state index contributed by atoms with van der Waals surface area (Å²) in [6, 6.07) is 0. The van der Waals surface area contributed by atoms with Crippen LogP contribution in [-0.2, 0) is 4.79 Å². The maximum atomic E-state index is 11.2. The first-order valence-electron chi connectivity index (χ1n) is 5.26. The molecule has 14 heavy (non-hydrogen) atoms. The number of nitrogens with zero attached hydrogens (tertiary/aromatic N) is 1. The highest BCUT2D eigenvalue weighted by Crippen LogP contribution is 1.90. The molecular weight excluding hydrogens is 176 g/mol. The quantitative estimate of drug-likeness (QED) is 0.495. The Labute approximate surface area is 87.2 Å². The summed E-state index contributed by atoms with van der Waals surface area (Å²) in [6.07, 6.45) is 6.92. The summed E-state index contributed by atoms with van der Waals surface area (Å²) in [7, 11) is 3.95. The normalized spacial score (nSPS) is 11.1. The van der Waals surface area contributed by atoms with Gasteiger partial charge in [-0.1, -0.05) is 25.8 Å². The molecule has 0 radical (unpaired) electrons. The van der Waals surface area contributed by atoms with Crippen LogP contribution in [0.15, 0.2) is 12.2 Å². The van der Waals surface area contributed by atoms with Gasteiger partial charge in [0.1, 0.15) is 0 Å². The predicted octanol–water partition coefficient (Wildman–Crippen LogP) is 1.41. The van der Waals surface area contributed by atoms with Crippen LogP contribution in [0.4, 0.5) is 0 Å². The van der Waals surface area contributed by atoms with Crippen molar-refractivity contribution >= 4 is 5.91 Å². The predicted molar refractivity (Wildman–Crippen MR) is 60.2 cm³/mol. The van der Waals surface area contributed by atoms with E-state index < -0.39 is 0 Å². The van der Waals surface area contributed by atoms with Crippen molar-refractivity contribution in [2.24, 2.45) is 0 Å². The van der Waals surface area contributed by atoms with Gasteiger partial charge in [-0.05, 0) is 20.5 Å². The highest BCUT2D eigenvalue weighted by molar-refractivity contribution is 5.87. The third-order valence-corrected chi connectivity index (χ3v) is 1.82. The highest BCUT2D eigenvalue weighted by atomic mass is 16.1. The van der Waals surface area contributed by atoms with Crippen molar-refractivity contribution in [2.75, 3.05) is 27.2 Å². The zero-order valence-electron chi connectivity index (χ0n) is 9.55. The Kier molecular flexibility index (Phi) is 8.24. The molecular formula is C11H22N2O. The first kappa shape index (κ1) is 13.2. The van der Waals surface area contributed by atoms with Gasteiger partial charge in [0, 0.05) is 19.2 Å². The third kappa shape index (κ3) is 9.26. The van der Waals surface area contributed by atoms with E-state index in [9.17, 15) is 4.79 Å². The number of amides is 1. The fourth-order valence-corrected chi connectivity index (χ4v) is 1.02. The average molecular weight is 198 g/mol. The van der Waals surface area contributed by atoms with Crippen LogP contribution in [0.2, 0.25) is 0 Å². The first-order chi connectivity index (χ1) is 6.66. The van der Waals surface area contributed by atoms with E-state index in [4.69, 9.17) is 0 Å². The zero-order valence-corrected chi connectivity index (χ0v) is 9.55. The lowest BCUT2D eigenvalue weighted by Gasteiger charge is -2.04. The number of nitrogens with one attached hydrogen (secondary N) is 1. The molecule has 1 amide bonds. The summed E-state index contributed by atoms with van der Waals surface area (Å²) in [5, 5.41) is 2.85. The minimum absolute atomic E-state index is 0.0166. The first-order valence-corrected chi connectivity index (χ1v) is 5.26. The van der Waals surface area contributed by atoms with Gasteiger partial charge in [-0.15, -0.1) is 0 Å². The van der Waals surface area contributed by atoms with Crippen molar-refractivity contribution in [1.82, 2.24) is 10.2 Å². The van der Waals surface area contributed by atoms with E-state index >= 15 is 0 Å². The molecule has 3 nitrogen and oxygen atoms in total. The van der Waals surface area contributed by atoms with Crippen LogP contribution in [0.5, 0.6) is 0 Å². The van der Waals surface area contributed by atoms with Crippen LogP contribution < -0.4 is 5.32 Å². The molecule has 1 N–H and O–H groups in total. The van der Waals surface area contributed by atoms with E-state index in [0.717, 1.165) is 19.5 Å². The molecule has 0 saturated heterocycles. The lowest BCUT2D eigenvalue weighted by Crippen LogP contribution is -2.22. The van der Waals surface area contributed by atoms with Crippen LogP contribution in [-0.4, -0.2) is 38.0 Å². The molecule has 0 aromatic carbocycles. The van der Waals surface area contributed by atoms with E-state index in [2.05, 4.69) is 12.2 Å². The van der Waals surface area contributed by atoms with Crippen LogP contribution in [0.1, 0.15) is 26.2 Å². The van der Waals surface area contributed by atoms with Crippen molar-refractivity contribution in [1.29, 1.82) is 0 Å². The van der Waals surface area contributed by atoms with E-state index in [0.29, 0.717) is 0 Å². The number of unbranched alkanes of at least 4 members (excludes halogenated alkanes) is 2. The van der Waals surface area contributed by atoms with Crippen molar-refractivity contribution in [3.63, 3.8) is 0 Å². The van der Waals surface area contributed by atoms with Crippen molar-refractivity contribution in [3.05, 3.63) is 12.2 Å². The summed E-state index contributed by atoms with van der Waals surface area (Å²) >= 11 is 0. The lowest BCUT2D eigenvalue weighted by atomic mass is 10.2. The van der Waals surface area contributed by atoms with Gasteiger partial charge in [-0.25, -0.2) is 0 Å². The second-order valence-electron chi connectivity index (χ2n) is 3.66. The molecule has 0 rings (SSSR count). The summed E-state index contributed by atoms with van der Waals surface area (Å²) in [5.74, 6) is 0.0166. The number of carbonyl (C=O) groups excluding carboxylic acids is 1. The molecule has 0 heterocycles. The molecule has 82 valence electrons. The van der Waals surface area contributed by atoms with Gasteiger partial charge in [0.2, 0.25) is 5.91 Å². The van der Waals surface area contributed by atoms with E-state index in [1.165, 1.54) is 12.8 Å². The molecule has 0 aromatic heterocycles. The van der Waals surface area contributed by atoms with Crippen molar-refractivity contribution in [3.8, 4) is 0 Å². The molecule has 0 bridgehead atoms. The fraction of sp³-hybridized carbons (Fsp3) is 0.727. The molecule has 0 fully saturated rings. The number of carbonyl (C=O) groups is 1. The number of rotatable bonds is 7. The van der Waals surface area contributed by atoms with E-state index in [1.807, 2.05) is 25.1 Å². The second kappa shape index (κ2) is 8.75. The molecule has 0 spiro atoms. The van der Waals surface area contributed by atoms with Gasteiger partial charge < -0.3 is 10.2 Å². The van der Waals surface area contributed by atoms with Crippen LogP contribution in [0.25, 0.3) is 0 Å². The highest BCUT2D eigenvalue weighted by Gasteiger charge is 1.93. The number of hydrogen-bond donors (Lipinski definition) is 1. The molecule has 3 heteroatoms. The molecule has 0 aliphatic heterocycles. The second-order valence-corrected chi connectivity index (χ2v) is 3.66. The lowest BCUT2D eigenvalue weighted by molar-refractivity contribution is -0.116. The van der Waals surface area contributed by atoms with E-state index in [1.54, 1.807) is 6.08 Å². The van der Waals surface area contributed by atoms with Gasteiger partial charge in [0.05, 0.1) is 0 Å². The molecule has 0 saturated carbocycles. The Morgan fingerprint density at radius 1 is 1.36 bits per heavy atom. The van der Waals surface area contributed by atoms with Crippen LogP contribution in [0, 0.1) is 0 Å². The minimum atomic E-state index is 0.0166. The Balaban J connectivity index is 3.40. The summed E-state index contributed by atoms with van der Waals surface area (Å²) in [4.78, 5) is 13.2. The third-order valence-electron chi connectivity index (χ3n) is 1.82. The number of likely N-dealkylation sites (N-methyl/N-ethyl adjacent to an activating group) is 1. The van der Waals surface area contributed by atoms with Crippen LogP contribution in [0.3, 0.4) is 0 Å². The SMILES string of the molecule is CCCCCNC(=O)C=CCN(C)C. The molecule has 0 unspecified atom stereocenters. The Hall–Kier alpha value is -0.830. The van der Waals surface area contributed by atoms with Crippen LogP contribution >= 0.6 is 0 Å². The van der Waals surface area contributed by atoms with Crippen molar-refractivity contribution < 1.29 is 4.79 Å². The minimum Gasteiger partial charge on any atom is -0.353 e. The van der Waals surface area contributed by atoms with Crippen molar-refractivity contribution in [2.45, 2.75) is 26.2 Å². The fourth-order valence-electron chi connectivity index (χ4n) is 1.02. The largest absolute Gasteiger partial charge is 0.353 e. The number of hydrogen-bond acceptors (Lipinski definition) is 2. The van der Waals surface area contributed by atoms with Gasteiger partial charge in [0.25, 0.3) is 0 Å². The van der Waals surface area contributed by atoms with Gasteiger partial charge in [-0.2, -0.15) is 0 Å². The standard InChI is InChI=1S/C11H22N2O/c1-4-5-6-9-12-11(14)8-7-10-13(2)3/h7-8H,4-6,9-10H2,1-3H3,(H,12,14). The molecule has 0 aromatic rings. The zero-order chi connectivity index (χ0) is 10.8. The monoisotopic (exact) mass is 198 g/mol. The maximum absolute atomic E-state index is 11.2. The Morgan fingerprint density at radius 3 is 2.64 bits per heavy atom. The van der Waals surface area contributed by atoms with Gasteiger partial charge in [-0.3, -0.25) is 4.79 Å². The summed E-state index contributed by atoms with van der Waals surface area (Å²) in [5.41, 5.74) is 0. The topological polar surface area (TPSA) is 32.3 Å². The Bertz CT molecular complexity index is 176. The van der Waals surface area contributed by atoms with E-state index in [-0.39, 0.29) is 5.91 Å². The molecule has 0 aliphatic rings. The maximum Gasteiger partial charge on any atom is 0.243 e. The average Bonchev–Trinajstić information content (AvgIpc) is 2.12. The Morgan fingerprint density at radius 2 is 2.07 bits per heavy atom. The van der Waals surface area contributed by atoms with Gasteiger partial charge >= 0.3 is 0 Å². The summed E-state index contributed by atoms with van der Waals surface area (Å²) < 4.78 is 0. The summed E-state index contributed by atoms with van der Waals surface area (Å²) in [6.45, 7) is 3.75. The molecule has 0 atom stereocenters. The molecule has 0 aliphatic carbocycles.